The van der Waals surface area contributed by atoms with Crippen LogP contribution in [0.3, 0.4) is 0 Å². The SMILES string of the molecule is O=C1N[C@H]([C@H](O)c2cccs2)CO1. The standard InChI is InChI=1S/C8H9NO3S/c10-7(6-2-1-3-13-6)5-4-12-8(11)9-5/h1-3,5,7,10H,4H2,(H,9,11)/t5-,7-/m0/s1. The van der Waals surface area contributed by atoms with Crippen LogP contribution >= 0.6 is 11.3 Å². The van der Waals surface area contributed by atoms with Crippen molar-refractivity contribution in [3.05, 3.63) is 22.4 Å². The number of aliphatic hydroxyl groups excluding tert-OH is 1. The zero-order valence-corrected chi connectivity index (χ0v) is 7.58. The molecule has 4 nitrogen and oxygen atoms in total. The number of rotatable bonds is 2. The number of thiophene rings is 1. The lowest BCUT2D eigenvalue weighted by Gasteiger charge is -2.13. The van der Waals surface area contributed by atoms with E-state index in [2.05, 4.69) is 10.1 Å². The lowest BCUT2D eigenvalue weighted by molar-refractivity contribution is 0.128. The third kappa shape index (κ3) is 1.66. The van der Waals surface area contributed by atoms with Crippen LogP contribution in [0.1, 0.15) is 11.0 Å². The number of alkyl carbamates (subject to hydrolysis) is 1. The van der Waals surface area contributed by atoms with Crippen molar-refractivity contribution < 1.29 is 14.6 Å². The highest BCUT2D eigenvalue weighted by Crippen LogP contribution is 2.23. The van der Waals surface area contributed by atoms with E-state index in [0.29, 0.717) is 0 Å². The summed E-state index contributed by atoms with van der Waals surface area (Å²) in [7, 11) is 0. The topological polar surface area (TPSA) is 58.6 Å². The van der Waals surface area contributed by atoms with Crippen molar-refractivity contribution in [3.63, 3.8) is 0 Å². The van der Waals surface area contributed by atoms with Crippen LogP contribution in [-0.4, -0.2) is 23.8 Å². The normalized spacial score (nSPS) is 23.8. The molecule has 0 spiro atoms. The lowest BCUT2D eigenvalue weighted by atomic mass is 10.1. The van der Waals surface area contributed by atoms with Gasteiger partial charge in [0.05, 0.1) is 6.04 Å². The van der Waals surface area contributed by atoms with Gasteiger partial charge in [-0.1, -0.05) is 6.07 Å². The van der Waals surface area contributed by atoms with Gasteiger partial charge in [-0.3, -0.25) is 0 Å². The van der Waals surface area contributed by atoms with E-state index >= 15 is 0 Å². The molecule has 1 amide bonds. The fourth-order valence-corrected chi connectivity index (χ4v) is 2.00. The number of aliphatic hydroxyl groups is 1. The number of hydrogen-bond acceptors (Lipinski definition) is 4. The van der Waals surface area contributed by atoms with Gasteiger partial charge in [0, 0.05) is 4.88 Å². The maximum absolute atomic E-state index is 10.7. The van der Waals surface area contributed by atoms with Crippen LogP contribution in [0.4, 0.5) is 4.79 Å². The van der Waals surface area contributed by atoms with E-state index < -0.39 is 12.2 Å². The molecule has 2 atom stereocenters. The summed E-state index contributed by atoms with van der Waals surface area (Å²) in [6.45, 7) is 0.234. The summed E-state index contributed by atoms with van der Waals surface area (Å²) in [4.78, 5) is 11.5. The maximum atomic E-state index is 10.7. The monoisotopic (exact) mass is 199 g/mol. The van der Waals surface area contributed by atoms with Crippen molar-refractivity contribution in [1.82, 2.24) is 5.32 Å². The fraction of sp³-hybridized carbons (Fsp3) is 0.375. The average Bonchev–Trinajstić information content (AvgIpc) is 2.72. The predicted molar refractivity (Wildman–Crippen MR) is 47.6 cm³/mol. The van der Waals surface area contributed by atoms with Gasteiger partial charge in [-0.2, -0.15) is 0 Å². The van der Waals surface area contributed by atoms with E-state index in [1.54, 1.807) is 0 Å². The summed E-state index contributed by atoms with van der Waals surface area (Å²) in [6.07, 6.45) is -1.12. The highest BCUT2D eigenvalue weighted by atomic mass is 32.1. The molecular weight excluding hydrogens is 190 g/mol. The second-order valence-electron chi connectivity index (χ2n) is 2.81. The molecule has 2 heterocycles. The second kappa shape index (κ2) is 3.35. The first kappa shape index (κ1) is 8.52. The molecule has 2 rings (SSSR count). The summed E-state index contributed by atoms with van der Waals surface area (Å²) >= 11 is 1.46. The van der Waals surface area contributed by atoms with Crippen LogP contribution < -0.4 is 5.32 Å². The van der Waals surface area contributed by atoms with E-state index in [1.807, 2.05) is 17.5 Å². The molecule has 5 heteroatoms. The van der Waals surface area contributed by atoms with E-state index in [4.69, 9.17) is 0 Å². The van der Waals surface area contributed by atoms with Gasteiger partial charge in [-0.05, 0) is 11.4 Å². The maximum Gasteiger partial charge on any atom is 0.407 e. The first-order chi connectivity index (χ1) is 6.27. The molecule has 2 N–H and O–H groups in total. The van der Waals surface area contributed by atoms with Crippen LogP contribution in [0.5, 0.6) is 0 Å². The minimum Gasteiger partial charge on any atom is -0.447 e. The van der Waals surface area contributed by atoms with Gasteiger partial charge in [0.25, 0.3) is 0 Å². The van der Waals surface area contributed by atoms with Crippen LogP contribution in [-0.2, 0) is 4.74 Å². The Hall–Kier alpha value is -1.07. The summed E-state index contributed by atoms with van der Waals surface area (Å²) in [5.41, 5.74) is 0. The van der Waals surface area contributed by atoms with Crippen molar-refractivity contribution >= 4 is 17.4 Å². The Morgan fingerprint density at radius 1 is 1.77 bits per heavy atom. The van der Waals surface area contributed by atoms with Crippen molar-refractivity contribution in [2.24, 2.45) is 0 Å². The number of cyclic esters (lactones) is 1. The number of hydrogen-bond donors (Lipinski definition) is 2. The Balaban J connectivity index is 2.05. The number of carbonyl (C=O) groups is 1. The molecule has 70 valence electrons. The Morgan fingerprint density at radius 2 is 2.62 bits per heavy atom. The third-order valence-corrected chi connectivity index (χ3v) is 2.86. The van der Waals surface area contributed by atoms with Crippen molar-refractivity contribution in [1.29, 1.82) is 0 Å². The Labute approximate surface area is 79.1 Å². The first-order valence-electron chi connectivity index (χ1n) is 3.92. The molecule has 13 heavy (non-hydrogen) atoms. The number of amides is 1. The van der Waals surface area contributed by atoms with Gasteiger partial charge in [-0.25, -0.2) is 4.79 Å². The van der Waals surface area contributed by atoms with Crippen molar-refractivity contribution in [2.45, 2.75) is 12.1 Å². The van der Waals surface area contributed by atoms with E-state index in [1.165, 1.54) is 11.3 Å². The molecule has 0 unspecified atom stereocenters. The molecule has 1 fully saturated rings. The van der Waals surface area contributed by atoms with Gasteiger partial charge in [-0.15, -0.1) is 11.3 Å². The van der Waals surface area contributed by atoms with Crippen molar-refractivity contribution in [3.8, 4) is 0 Å². The highest BCUT2D eigenvalue weighted by Gasteiger charge is 2.30. The summed E-state index contributed by atoms with van der Waals surface area (Å²) in [6, 6.07) is 3.38. The zero-order valence-electron chi connectivity index (χ0n) is 6.77. The summed E-state index contributed by atoms with van der Waals surface area (Å²) in [5.74, 6) is 0. The van der Waals surface area contributed by atoms with Crippen molar-refractivity contribution in [2.75, 3.05) is 6.61 Å². The number of nitrogens with one attached hydrogen (secondary N) is 1. The molecule has 1 aliphatic rings. The molecule has 0 saturated carbocycles. The molecule has 0 aliphatic carbocycles. The average molecular weight is 199 g/mol. The van der Waals surface area contributed by atoms with E-state index in [-0.39, 0.29) is 12.6 Å². The number of ether oxygens (including phenoxy) is 1. The first-order valence-corrected chi connectivity index (χ1v) is 4.80. The van der Waals surface area contributed by atoms with E-state index in [9.17, 15) is 9.90 Å². The summed E-state index contributed by atoms with van der Waals surface area (Å²) < 4.78 is 4.68. The molecule has 0 radical (unpaired) electrons. The highest BCUT2D eigenvalue weighted by molar-refractivity contribution is 7.10. The van der Waals surface area contributed by atoms with Crippen LogP contribution in [0.2, 0.25) is 0 Å². The molecule has 0 bridgehead atoms. The quantitative estimate of drug-likeness (QED) is 0.743. The molecule has 1 aromatic heterocycles. The number of carbonyl (C=O) groups excluding carboxylic acids is 1. The zero-order chi connectivity index (χ0) is 9.26. The van der Waals surface area contributed by atoms with Gasteiger partial charge >= 0.3 is 6.09 Å². The third-order valence-electron chi connectivity index (χ3n) is 1.91. The van der Waals surface area contributed by atoms with Crippen LogP contribution in [0.25, 0.3) is 0 Å². The summed E-state index contributed by atoms with van der Waals surface area (Å²) in [5, 5.41) is 14.2. The van der Waals surface area contributed by atoms with Gasteiger partial charge < -0.3 is 15.2 Å². The van der Waals surface area contributed by atoms with Gasteiger partial charge in [0.2, 0.25) is 0 Å². The minimum atomic E-state index is -0.661. The van der Waals surface area contributed by atoms with Gasteiger partial charge in [0.1, 0.15) is 12.7 Å². The Bertz CT molecular complexity index is 298. The predicted octanol–water partition coefficient (Wildman–Crippen LogP) is 0.890. The molecular formula is C8H9NO3S. The largest absolute Gasteiger partial charge is 0.447 e. The van der Waals surface area contributed by atoms with Crippen LogP contribution in [0.15, 0.2) is 17.5 Å². The Morgan fingerprint density at radius 3 is 3.15 bits per heavy atom. The molecule has 1 aliphatic heterocycles. The molecule has 1 aromatic rings. The smallest absolute Gasteiger partial charge is 0.407 e. The minimum absolute atomic E-state index is 0.234. The fourth-order valence-electron chi connectivity index (χ4n) is 1.23. The second-order valence-corrected chi connectivity index (χ2v) is 3.79. The van der Waals surface area contributed by atoms with E-state index in [0.717, 1.165) is 4.88 Å². The lowest BCUT2D eigenvalue weighted by Crippen LogP contribution is -2.32. The van der Waals surface area contributed by atoms with Crippen LogP contribution in [0, 0.1) is 0 Å². The Kier molecular flexibility index (Phi) is 2.20. The van der Waals surface area contributed by atoms with Gasteiger partial charge in [0.15, 0.2) is 0 Å². The molecule has 1 saturated heterocycles. The molecule has 0 aromatic carbocycles.